The summed E-state index contributed by atoms with van der Waals surface area (Å²) in [6.45, 7) is 8.99. The van der Waals surface area contributed by atoms with Gasteiger partial charge >= 0.3 is 5.97 Å². The number of fused-ring (bicyclic) bond motifs is 1. The van der Waals surface area contributed by atoms with E-state index >= 15 is 0 Å². The lowest BCUT2D eigenvalue weighted by atomic mass is 10.0. The molecule has 2 aromatic heterocycles. The Balaban J connectivity index is 1.75. The second kappa shape index (κ2) is 10.8. The van der Waals surface area contributed by atoms with Gasteiger partial charge in [0.15, 0.2) is 0 Å². The molecule has 2 heterocycles. The van der Waals surface area contributed by atoms with Crippen molar-refractivity contribution < 1.29 is 14.3 Å². The molecule has 0 aliphatic heterocycles. The second-order valence-electron chi connectivity index (χ2n) is 7.49. The molecule has 0 saturated heterocycles. The lowest BCUT2D eigenvalue weighted by Crippen LogP contribution is -2.42. The van der Waals surface area contributed by atoms with E-state index in [-0.39, 0.29) is 11.9 Å². The molecule has 0 fully saturated rings. The van der Waals surface area contributed by atoms with Crippen molar-refractivity contribution in [2.24, 2.45) is 5.92 Å². The van der Waals surface area contributed by atoms with Crippen LogP contribution in [0.5, 0.6) is 0 Å². The molecule has 2 aromatic rings. The van der Waals surface area contributed by atoms with Gasteiger partial charge in [-0.1, -0.05) is 20.3 Å². The van der Waals surface area contributed by atoms with Gasteiger partial charge < -0.3 is 14.6 Å². The van der Waals surface area contributed by atoms with Gasteiger partial charge in [0.1, 0.15) is 11.9 Å². The van der Waals surface area contributed by atoms with Gasteiger partial charge in [0.2, 0.25) is 5.91 Å². The Hall–Kier alpha value is -2.44. The van der Waals surface area contributed by atoms with Crippen molar-refractivity contribution in [3.05, 3.63) is 24.3 Å². The topological polar surface area (TPSA) is 86.1 Å². The highest BCUT2D eigenvalue weighted by Crippen LogP contribution is 2.15. The molecule has 1 amide bonds. The van der Waals surface area contributed by atoms with Crippen molar-refractivity contribution in [3.63, 3.8) is 0 Å². The van der Waals surface area contributed by atoms with Crippen molar-refractivity contribution >= 4 is 22.9 Å². The van der Waals surface area contributed by atoms with Crippen LogP contribution in [0.2, 0.25) is 0 Å². The number of pyridine rings is 1. The van der Waals surface area contributed by atoms with E-state index in [2.05, 4.69) is 19.9 Å². The molecule has 0 aliphatic carbocycles. The SMILES string of the molecule is CCOC(=O)[C@H](CC(C)C)NC(=O)CCCCCn1c(C)nc2ccncc21. The van der Waals surface area contributed by atoms with Crippen LogP contribution in [-0.2, 0) is 20.9 Å². The minimum Gasteiger partial charge on any atom is -0.464 e. The maximum Gasteiger partial charge on any atom is 0.328 e. The Bertz CT molecular complexity index is 785. The van der Waals surface area contributed by atoms with Gasteiger partial charge in [0.05, 0.1) is 23.8 Å². The van der Waals surface area contributed by atoms with Crippen molar-refractivity contribution in [1.29, 1.82) is 0 Å². The fraction of sp³-hybridized carbons (Fsp3) is 0.619. The summed E-state index contributed by atoms with van der Waals surface area (Å²) in [6, 6.07) is 1.36. The lowest BCUT2D eigenvalue weighted by Gasteiger charge is -2.19. The zero-order valence-corrected chi connectivity index (χ0v) is 17.4. The molecule has 1 atom stereocenters. The molecular weight excluding hydrogens is 356 g/mol. The van der Waals surface area contributed by atoms with Gasteiger partial charge in [-0.3, -0.25) is 9.78 Å². The monoisotopic (exact) mass is 388 g/mol. The molecule has 0 aliphatic rings. The zero-order valence-electron chi connectivity index (χ0n) is 17.4. The average molecular weight is 389 g/mol. The molecule has 154 valence electrons. The van der Waals surface area contributed by atoms with E-state index in [1.165, 1.54) is 0 Å². The maximum atomic E-state index is 12.2. The van der Waals surface area contributed by atoms with Crippen molar-refractivity contribution in [2.75, 3.05) is 6.61 Å². The van der Waals surface area contributed by atoms with Crippen molar-refractivity contribution in [3.8, 4) is 0 Å². The van der Waals surface area contributed by atoms with Crippen molar-refractivity contribution in [1.82, 2.24) is 19.9 Å². The summed E-state index contributed by atoms with van der Waals surface area (Å²) >= 11 is 0. The molecule has 0 saturated carbocycles. The largest absolute Gasteiger partial charge is 0.464 e. The first-order valence-corrected chi connectivity index (χ1v) is 10.1. The standard InChI is InChI=1S/C21H32N4O3/c1-5-28-21(27)18(13-15(2)3)24-20(26)9-7-6-8-12-25-16(4)23-17-10-11-22-14-19(17)25/h10-11,14-15,18H,5-9,12-13H2,1-4H3,(H,24,26)/t18-/m0/s1. The molecule has 0 spiro atoms. The number of hydrogen-bond acceptors (Lipinski definition) is 5. The number of amides is 1. The number of hydrogen-bond donors (Lipinski definition) is 1. The minimum absolute atomic E-state index is 0.0906. The summed E-state index contributed by atoms with van der Waals surface area (Å²) in [5, 5.41) is 2.83. The zero-order chi connectivity index (χ0) is 20.5. The van der Waals surface area contributed by atoms with Crippen LogP contribution in [0.25, 0.3) is 11.0 Å². The number of aromatic nitrogens is 3. The molecule has 28 heavy (non-hydrogen) atoms. The summed E-state index contributed by atoms with van der Waals surface area (Å²) in [5.41, 5.74) is 2.01. The van der Waals surface area contributed by atoms with Gasteiger partial charge in [-0.05, 0) is 45.1 Å². The van der Waals surface area contributed by atoms with E-state index in [4.69, 9.17) is 4.74 Å². The fourth-order valence-electron chi connectivity index (χ4n) is 3.30. The van der Waals surface area contributed by atoms with E-state index in [0.29, 0.717) is 25.4 Å². The summed E-state index contributed by atoms with van der Waals surface area (Å²) in [6.07, 6.45) is 7.27. The maximum absolute atomic E-state index is 12.2. The minimum atomic E-state index is -0.556. The molecule has 2 rings (SSSR count). The van der Waals surface area contributed by atoms with E-state index < -0.39 is 6.04 Å². The van der Waals surface area contributed by atoms with Crippen LogP contribution in [-0.4, -0.2) is 39.1 Å². The van der Waals surface area contributed by atoms with Gasteiger partial charge in [0.25, 0.3) is 0 Å². The summed E-state index contributed by atoms with van der Waals surface area (Å²) in [4.78, 5) is 33.0. The number of ether oxygens (including phenoxy) is 1. The molecule has 1 N–H and O–H groups in total. The number of unbranched alkanes of at least 4 members (excludes halogenated alkanes) is 2. The number of esters is 1. The Kier molecular flexibility index (Phi) is 8.42. The highest BCUT2D eigenvalue weighted by Gasteiger charge is 2.22. The summed E-state index contributed by atoms with van der Waals surface area (Å²) in [7, 11) is 0. The van der Waals surface area contributed by atoms with E-state index in [0.717, 1.165) is 42.7 Å². The molecule has 0 bridgehead atoms. The van der Waals surface area contributed by atoms with E-state index in [9.17, 15) is 9.59 Å². The predicted molar refractivity (Wildman–Crippen MR) is 109 cm³/mol. The van der Waals surface area contributed by atoms with E-state index in [1.807, 2.05) is 33.0 Å². The highest BCUT2D eigenvalue weighted by atomic mass is 16.5. The molecule has 0 radical (unpaired) electrons. The third-order valence-corrected chi connectivity index (χ3v) is 4.64. The smallest absolute Gasteiger partial charge is 0.328 e. The number of carbonyl (C=O) groups excluding carboxylic acids is 2. The quantitative estimate of drug-likeness (QED) is 0.471. The average Bonchev–Trinajstić information content (AvgIpc) is 2.96. The Morgan fingerprint density at radius 3 is 2.75 bits per heavy atom. The van der Waals surface area contributed by atoms with Crippen LogP contribution in [0.1, 0.15) is 58.7 Å². The molecule has 7 nitrogen and oxygen atoms in total. The number of nitrogens with zero attached hydrogens (tertiary/aromatic N) is 3. The van der Waals surface area contributed by atoms with Gasteiger partial charge in [-0.2, -0.15) is 0 Å². The normalized spacial score (nSPS) is 12.3. The van der Waals surface area contributed by atoms with Crippen molar-refractivity contribution in [2.45, 2.75) is 72.4 Å². The Morgan fingerprint density at radius 1 is 1.25 bits per heavy atom. The van der Waals surface area contributed by atoms with Crippen LogP contribution in [0.15, 0.2) is 18.5 Å². The number of carbonyl (C=O) groups is 2. The first-order chi connectivity index (χ1) is 13.4. The summed E-state index contributed by atoms with van der Waals surface area (Å²) < 4.78 is 7.24. The molecule has 0 unspecified atom stereocenters. The van der Waals surface area contributed by atoms with E-state index in [1.54, 1.807) is 13.1 Å². The van der Waals surface area contributed by atoms with Crippen LogP contribution in [0.3, 0.4) is 0 Å². The lowest BCUT2D eigenvalue weighted by molar-refractivity contribution is -0.147. The number of rotatable bonds is 11. The van der Waals surface area contributed by atoms with Crippen LogP contribution in [0.4, 0.5) is 0 Å². The second-order valence-corrected chi connectivity index (χ2v) is 7.49. The third-order valence-electron chi connectivity index (χ3n) is 4.64. The molecule has 0 aromatic carbocycles. The fourth-order valence-corrected chi connectivity index (χ4v) is 3.30. The Labute approximate surface area is 166 Å². The number of imidazole rings is 1. The third kappa shape index (κ3) is 6.32. The highest BCUT2D eigenvalue weighted by molar-refractivity contribution is 5.84. The number of aryl methyl sites for hydroxylation is 2. The van der Waals surface area contributed by atoms with Crippen LogP contribution in [0, 0.1) is 12.8 Å². The molecular formula is C21H32N4O3. The predicted octanol–water partition coefficient (Wildman–Crippen LogP) is 3.39. The Morgan fingerprint density at radius 2 is 2.04 bits per heavy atom. The number of nitrogens with one attached hydrogen (secondary N) is 1. The van der Waals surface area contributed by atoms with Crippen LogP contribution < -0.4 is 5.32 Å². The van der Waals surface area contributed by atoms with Crippen LogP contribution >= 0.6 is 0 Å². The first-order valence-electron chi connectivity index (χ1n) is 10.1. The first kappa shape index (κ1) is 21.9. The van der Waals surface area contributed by atoms with Gasteiger partial charge in [0, 0.05) is 19.2 Å². The summed E-state index contributed by atoms with van der Waals surface area (Å²) in [5.74, 6) is 0.844. The van der Waals surface area contributed by atoms with Gasteiger partial charge in [-0.15, -0.1) is 0 Å². The van der Waals surface area contributed by atoms with Gasteiger partial charge in [-0.25, -0.2) is 9.78 Å². The molecule has 7 heteroatoms.